The Morgan fingerprint density at radius 2 is 1.82 bits per heavy atom. The lowest BCUT2D eigenvalue weighted by atomic mass is 10.2. The lowest BCUT2D eigenvalue weighted by Crippen LogP contribution is -2.35. The SMILES string of the molecule is CCCCN(CC)CCNC(=O)c1ccc(S(N)(=O)=O)cc1. The first-order valence-corrected chi connectivity index (χ1v) is 9.06. The molecular weight excluding hydrogens is 302 g/mol. The van der Waals surface area contributed by atoms with E-state index in [1.54, 1.807) is 0 Å². The molecule has 1 aromatic carbocycles. The van der Waals surface area contributed by atoms with Gasteiger partial charge < -0.3 is 10.2 Å². The van der Waals surface area contributed by atoms with Gasteiger partial charge in [-0.15, -0.1) is 0 Å². The molecule has 0 atom stereocenters. The van der Waals surface area contributed by atoms with Gasteiger partial charge in [-0.3, -0.25) is 4.79 Å². The van der Waals surface area contributed by atoms with Gasteiger partial charge in [-0.2, -0.15) is 0 Å². The minimum atomic E-state index is -3.72. The van der Waals surface area contributed by atoms with Gasteiger partial charge in [0.25, 0.3) is 5.91 Å². The normalized spacial score (nSPS) is 11.6. The third kappa shape index (κ3) is 6.13. The van der Waals surface area contributed by atoms with Crippen LogP contribution in [0.4, 0.5) is 0 Å². The Kier molecular flexibility index (Phi) is 7.50. The Bertz CT molecular complexity index is 570. The Labute approximate surface area is 132 Å². The largest absolute Gasteiger partial charge is 0.351 e. The van der Waals surface area contributed by atoms with Crippen LogP contribution in [0.5, 0.6) is 0 Å². The predicted octanol–water partition coefficient (Wildman–Crippen LogP) is 1.19. The predicted molar refractivity (Wildman–Crippen MR) is 87.2 cm³/mol. The van der Waals surface area contributed by atoms with Gasteiger partial charge in [0, 0.05) is 18.7 Å². The number of rotatable bonds is 9. The highest BCUT2D eigenvalue weighted by atomic mass is 32.2. The highest BCUT2D eigenvalue weighted by molar-refractivity contribution is 7.89. The minimum Gasteiger partial charge on any atom is -0.351 e. The van der Waals surface area contributed by atoms with Crippen molar-refractivity contribution in [2.75, 3.05) is 26.2 Å². The number of carbonyl (C=O) groups excluding carboxylic acids is 1. The Morgan fingerprint density at radius 1 is 1.18 bits per heavy atom. The lowest BCUT2D eigenvalue weighted by molar-refractivity contribution is 0.0948. The van der Waals surface area contributed by atoms with Crippen molar-refractivity contribution in [1.29, 1.82) is 0 Å². The molecule has 1 aromatic rings. The Hall–Kier alpha value is -1.44. The number of nitrogens with zero attached hydrogens (tertiary/aromatic N) is 1. The second-order valence-corrected chi connectivity index (χ2v) is 6.67. The summed E-state index contributed by atoms with van der Waals surface area (Å²) < 4.78 is 22.3. The molecule has 3 N–H and O–H groups in total. The summed E-state index contributed by atoms with van der Waals surface area (Å²) in [7, 11) is -3.72. The molecule has 1 amide bonds. The van der Waals surface area contributed by atoms with Crippen molar-refractivity contribution in [2.24, 2.45) is 5.14 Å². The monoisotopic (exact) mass is 327 g/mol. The second-order valence-electron chi connectivity index (χ2n) is 5.11. The number of likely N-dealkylation sites (N-methyl/N-ethyl adjacent to an activating group) is 1. The number of hydrogen-bond acceptors (Lipinski definition) is 4. The molecule has 0 aliphatic heterocycles. The fourth-order valence-electron chi connectivity index (χ4n) is 2.04. The minimum absolute atomic E-state index is 0.000716. The molecule has 0 fully saturated rings. The molecule has 124 valence electrons. The maximum atomic E-state index is 12.0. The summed E-state index contributed by atoms with van der Waals surface area (Å²) in [5, 5.41) is 7.85. The van der Waals surface area contributed by atoms with E-state index in [2.05, 4.69) is 24.1 Å². The number of nitrogens with two attached hydrogens (primary N) is 1. The standard InChI is InChI=1S/C15H25N3O3S/c1-3-5-11-18(4-2)12-10-17-15(19)13-6-8-14(9-7-13)22(16,20)21/h6-9H,3-5,10-12H2,1-2H3,(H,17,19)(H2,16,20,21). The summed E-state index contributed by atoms with van der Waals surface area (Å²) in [5.74, 6) is -0.215. The second kappa shape index (κ2) is 8.87. The van der Waals surface area contributed by atoms with Gasteiger partial charge in [0.1, 0.15) is 0 Å². The smallest absolute Gasteiger partial charge is 0.251 e. The molecule has 0 unspecified atom stereocenters. The van der Waals surface area contributed by atoms with E-state index in [9.17, 15) is 13.2 Å². The topological polar surface area (TPSA) is 92.5 Å². The van der Waals surface area contributed by atoms with Crippen LogP contribution in [-0.4, -0.2) is 45.4 Å². The first kappa shape index (κ1) is 18.6. The van der Waals surface area contributed by atoms with Crippen LogP contribution in [-0.2, 0) is 10.0 Å². The number of amides is 1. The molecular formula is C15H25N3O3S. The number of carbonyl (C=O) groups is 1. The average molecular weight is 327 g/mol. The van der Waals surface area contributed by atoms with Crippen LogP contribution in [0.15, 0.2) is 29.2 Å². The van der Waals surface area contributed by atoms with E-state index in [1.165, 1.54) is 24.3 Å². The van der Waals surface area contributed by atoms with Crippen LogP contribution in [0.3, 0.4) is 0 Å². The molecule has 6 nitrogen and oxygen atoms in total. The van der Waals surface area contributed by atoms with Gasteiger partial charge in [0.15, 0.2) is 0 Å². The zero-order valence-electron chi connectivity index (χ0n) is 13.2. The summed E-state index contributed by atoms with van der Waals surface area (Å²) in [6.45, 7) is 7.61. The Balaban J connectivity index is 2.48. The number of benzene rings is 1. The van der Waals surface area contributed by atoms with E-state index in [4.69, 9.17) is 5.14 Å². The van der Waals surface area contributed by atoms with Crippen molar-refractivity contribution in [2.45, 2.75) is 31.6 Å². The van der Waals surface area contributed by atoms with Crippen LogP contribution in [0.1, 0.15) is 37.0 Å². The van der Waals surface area contributed by atoms with Crippen molar-refractivity contribution < 1.29 is 13.2 Å². The van der Waals surface area contributed by atoms with Crippen molar-refractivity contribution in [3.05, 3.63) is 29.8 Å². The molecule has 0 radical (unpaired) electrons. The number of primary sulfonamides is 1. The molecule has 0 aromatic heterocycles. The van der Waals surface area contributed by atoms with Gasteiger partial charge in [-0.25, -0.2) is 13.6 Å². The molecule has 7 heteroatoms. The summed E-state index contributed by atoms with van der Waals surface area (Å²) >= 11 is 0. The van der Waals surface area contributed by atoms with Gasteiger partial charge in [-0.05, 0) is 43.8 Å². The van der Waals surface area contributed by atoms with E-state index in [1.807, 2.05) is 0 Å². The zero-order chi connectivity index (χ0) is 16.6. The molecule has 1 rings (SSSR count). The van der Waals surface area contributed by atoms with Gasteiger partial charge in [0.2, 0.25) is 10.0 Å². The van der Waals surface area contributed by atoms with E-state index in [0.717, 1.165) is 32.5 Å². The molecule has 0 bridgehead atoms. The third-order valence-corrected chi connectivity index (χ3v) is 4.36. The van der Waals surface area contributed by atoms with Crippen LogP contribution >= 0.6 is 0 Å². The quantitative estimate of drug-likeness (QED) is 0.712. The molecule has 0 aliphatic carbocycles. The van der Waals surface area contributed by atoms with E-state index < -0.39 is 10.0 Å². The van der Waals surface area contributed by atoms with Gasteiger partial charge in [0.05, 0.1) is 4.90 Å². The number of sulfonamides is 1. The Morgan fingerprint density at radius 3 is 2.32 bits per heavy atom. The highest BCUT2D eigenvalue weighted by Gasteiger charge is 2.10. The number of nitrogens with one attached hydrogen (secondary N) is 1. The highest BCUT2D eigenvalue weighted by Crippen LogP contribution is 2.08. The maximum absolute atomic E-state index is 12.0. The van der Waals surface area contributed by atoms with Gasteiger partial charge in [-0.1, -0.05) is 20.3 Å². The van der Waals surface area contributed by atoms with Crippen molar-refractivity contribution in [3.63, 3.8) is 0 Å². The lowest BCUT2D eigenvalue weighted by Gasteiger charge is -2.20. The fourth-order valence-corrected chi connectivity index (χ4v) is 2.55. The molecule has 0 aliphatic rings. The fraction of sp³-hybridized carbons (Fsp3) is 0.533. The molecule has 22 heavy (non-hydrogen) atoms. The molecule has 0 saturated heterocycles. The van der Waals surface area contributed by atoms with Crippen molar-refractivity contribution >= 4 is 15.9 Å². The van der Waals surface area contributed by atoms with Gasteiger partial charge >= 0.3 is 0 Å². The van der Waals surface area contributed by atoms with Crippen molar-refractivity contribution in [3.8, 4) is 0 Å². The first-order valence-electron chi connectivity index (χ1n) is 7.52. The van der Waals surface area contributed by atoms with Crippen LogP contribution < -0.4 is 10.5 Å². The van der Waals surface area contributed by atoms with E-state index in [0.29, 0.717) is 12.1 Å². The maximum Gasteiger partial charge on any atom is 0.251 e. The first-order chi connectivity index (χ1) is 10.4. The van der Waals surface area contributed by atoms with Crippen LogP contribution in [0.25, 0.3) is 0 Å². The zero-order valence-corrected chi connectivity index (χ0v) is 14.0. The molecule has 0 saturated carbocycles. The number of hydrogen-bond donors (Lipinski definition) is 2. The summed E-state index contributed by atoms with van der Waals surface area (Å²) in [6, 6.07) is 5.60. The third-order valence-electron chi connectivity index (χ3n) is 3.43. The average Bonchev–Trinajstić information content (AvgIpc) is 2.49. The summed E-state index contributed by atoms with van der Waals surface area (Å²) in [4.78, 5) is 14.3. The van der Waals surface area contributed by atoms with E-state index in [-0.39, 0.29) is 10.8 Å². The number of unbranched alkanes of at least 4 members (excludes halogenated alkanes) is 1. The molecule has 0 spiro atoms. The van der Waals surface area contributed by atoms with Crippen LogP contribution in [0, 0.1) is 0 Å². The summed E-state index contributed by atoms with van der Waals surface area (Å²) in [5.41, 5.74) is 0.420. The summed E-state index contributed by atoms with van der Waals surface area (Å²) in [6.07, 6.45) is 2.30. The van der Waals surface area contributed by atoms with Crippen molar-refractivity contribution in [1.82, 2.24) is 10.2 Å². The van der Waals surface area contributed by atoms with E-state index >= 15 is 0 Å². The van der Waals surface area contributed by atoms with Crippen LogP contribution in [0.2, 0.25) is 0 Å². The molecule has 0 heterocycles.